The number of hydrogen-bond acceptors (Lipinski definition) is 5. The van der Waals surface area contributed by atoms with E-state index in [1.807, 2.05) is 6.20 Å². The number of oxazole rings is 1. The summed E-state index contributed by atoms with van der Waals surface area (Å²) >= 11 is 0. The molecule has 7 heteroatoms. The Morgan fingerprint density at radius 3 is 2.73 bits per heavy atom. The van der Waals surface area contributed by atoms with E-state index in [4.69, 9.17) is 4.42 Å². The van der Waals surface area contributed by atoms with Gasteiger partial charge in [0.2, 0.25) is 0 Å². The first-order chi connectivity index (χ1) is 12.6. The second-order valence-corrected chi connectivity index (χ2v) is 8.31. The van der Waals surface area contributed by atoms with Crippen LogP contribution in [0.4, 0.5) is 4.79 Å². The summed E-state index contributed by atoms with van der Waals surface area (Å²) in [5.74, 6) is 0.944. The van der Waals surface area contributed by atoms with Crippen molar-refractivity contribution in [1.82, 2.24) is 19.7 Å². The molecular formula is C19H30N4O3. The van der Waals surface area contributed by atoms with Crippen LogP contribution in [0.1, 0.15) is 44.8 Å². The highest BCUT2D eigenvalue weighted by atomic mass is 16.4. The summed E-state index contributed by atoms with van der Waals surface area (Å²) in [6, 6.07) is 1.28. The van der Waals surface area contributed by atoms with Gasteiger partial charge in [0.25, 0.3) is 0 Å². The largest absolute Gasteiger partial charge is 0.465 e. The lowest BCUT2D eigenvalue weighted by atomic mass is 9.64. The van der Waals surface area contributed by atoms with Crippen LogP contribution in [0.15, 0.2) is 17.0 Å². The second-order valence-electron chi connectivity index (χ2n) is 8.31. The van der Waals surface area contributed by atoms with E-state index in [1.165, 1.54) is 32.1 Å². The van der Waals surface area contributed by atoms with Crippen molar-refractivity contribution in [2.45, 2.75) is 57.7 Å². The van der Waals surface area contributed by atoms with Gasteiger partial charge in [0.1, 0.15) is 5.76 Å². The van der Waals surface area contributed by atoms with Gasteiger partial charge in [-0.15, -0.1) is 0 Å². The fourth-order valence-corrected chi connectivity index (χ4v) is 5.27. The van der Waals surface area contributed by atoms with Crippen LogP contribution in [0.2, 0.25) is 0 Å². The first kappa shape index (κ1) is 17.8. The molecule has 1 amide bonds. The number of rotatable bonds is 5. The van der Waals surface area contributed by atoms with Crippen molar-refractivity contribution in [1.29, 1.82) is 0 Å². The SMILES string of the molecule is CCN(Cc1cnco1)C1CCN(C2CC3(CCN(C(=O)O)C3)C2)CC1. The fraction of sp³-hybridized carbons (Fsp3) is 0.789. The Labute approximate surface area is 155 Å². The van der Waals surface area contributed by atoms with Crippen LogP contribution in [0.5, 0.6) is 0 Å². The Morgan fingerprint density at radius 2 is 2.15 bits per heavy atom. The number of carboxylic acid groups (broad SMARTS) is 1. The van der Waals surface area contributed by atoms with Crippen molar-refractivity contribution in [2.75, 3.05) is 32.7 Å². The van der Waals surface area contributed by atoms with Crippen LogP contribution in [0, 0.1) is 5.41 Å². The van der Waals surface area contributed by atoms with Gasteiger partial charge in [0, 0.05) is 25.2 Å². The highest BCUT2D eigenvalue weighted by Gasteiger charge is 2.51. The summed E-state index contributed by atoms with van der Waals surface area (Å²) in [5, 5.41) is 9.18. The van der Waals surface area contributed by atoms with Crippen LogP contribution in [-0.2, 0) is 6.54 Å². The Kier molecular flexibility index (Phi) is 4.92. The zero-order valence-corrected chi connectivity index (χ0v) is 15.6. The Morgan fingerprint density at radius 1 is 1.38 bits per heavy atom. The molecule has 26 heavy (non-hydrogen) atoms. The van der Waals surface area contributed by atoms with E-state index >= 15 is 0 Å². The summed E-state index contributed by atoms with van der Waals surface area (Å²) < 4.78 is 5.41. The lowest BCUT2D eigenvalue weighted by molar-refractivity contribution is -0.0162. The van der Waals surface area contributed by atoms with Gasteiger partial charge in [-0.3, -0.25) is 4.90 Å². The molecule has 1 N–H and O–H groups in total. The molecule has 3 heterocycles. The Hall–Kier alpha value is -1.60. The average Bonchev–Trinajstić information content (AvgIpc) is 3.28. The van der Waals surface area contributed by atoms with Gasteiger partial charge in [-0.2, -0.15) is 0 Å². The number of aromatic nitrogens is 1. The van der Waals surface area contributed by atoms with E-state index < -0.39 is 6.09 Å². The van der Waals surface area contributed by atoms with Gasteiger partial charge in [-0.05, 0) is 57.2 Å². The standard InChI is InChI=1S/C19H30N4O3/c1-2-21(12-17-11-20-14-26-17)15-3-6-22(7-4-15)16-9-19(10-16)5-8-23(13-19)18(24)25/h11,14-16H,2-10,12-13H2,1H3,(H,24,25). The summed E-state index contributed by atoms with van der Waals surface area (Å²) in [7, 11) is 0. The molecule has 2 aliphatic heterocycles. The zero-order valence-electron chi connectivity index (χ0n) is 15.6. The smallest absolute Gasteiger partial charge is 0.407 e. The molecule has 1 saturated carbocycles. The van der Waals surface area contributed by atoms with Gasteiger partial charge in [-0.25, -0.2) is 9.78 Å². The predicted molar refractivity (Wildman–Crippen MR) is 96.9 cm³/mol. The molecule has 1 aliphatic carbocycles. The van der Waals surface area contributed by atoms with Crippen LogP contribution in [-0.4, -0.2) is 75.7 Å². The molecule has 0 atom stereocenters. The van der Waals surface area contributed by atoms with Gasteiger partial charge >= 0.3 is 6.09 Å². The lowest BCUT2D eigenvalue weighted by Gasteiger charge is -2.52. The number of likely N-dealkylation sites (tertiary alicyclic amines) is 2. The molecule has 2 saturated heterocycles. The number of hydrogen-bond donors (Lipinski definition) is 1. The van der Waals surface area contributed by atoms with Crippen molar-refractivity contribution in [3.05, 3.63) is 18.4 Å². The lowest BCUT2D eigenvalue weighted by Crippen LogP contribution is -2.55. The molecule has 0 aromatic carbocycles. The Balaban J connectivity index is 1.24. The maximum absolute atomic E-state index is 11.2. The highest BCUT2D eigenvalue weighted by molar-refractivity contribution is 5.65. The second kappa shape index (κ2) is 7.19. The minimum absolute atomic E-state index is 0.279. The molecule has 0 bridgehead atoms. The molecule has 0 unspecified atom stereocenters. The molecule has 1 spiro atoms. The monoisotopic (exact) mass is 362 g/mol. The van der Waals surface area contributed by atoms with E-state index in [0.717, 1.165) is 51.4 Å². The van der Waals surface area contributed by atoms with Crippen molar-refractivity contribution in [3.8, 4) is 0 Å². The van der Waals surface area contributed by atoms with E-state index in [1.54, 1.807) is 4.90 Å². The highest BCUT2D eigenvalue weighted by Crippen LogP contribution is 2.50. The number of piperidine rings is 1. The number of amides is 1. The number of carbonyl (C=O) groups is 1. The van der Waals surface area contributed by atoms with E-state index in [0.29, 0.717) is 12.1 Å². The molecule has 7 nitrogen and oxygen atoms in total. The fourth-order valence-electron chi connectivity index (χ4n) is 5.27. The van der Waals surface area contributed by atoms with Crippen LogP contribution < -0.4 is 0 Å². The minimum atomic E-state index is -0.752. The first-order valence-electron chi connectivity index (χ1n) is 9.92. The number of nitrogens with zero attached hydrogens (tertiary/aromatic N) is 4. The van der Waals surface area contributed by atoms with Gasteiger partial charge in [0.15, 0.2) is 6.39 Å². The summed E-state index contributed by atoms with van der Waals surface area (Å²) in [6.45, 7) is 7.86. The molecule has 3 aliphatic rings. The minimum Gasteiger partial charge on any atom is -0.465 e. The summed E-state index contributed by atoms with van der Waals surface area (Å²) in [5.41, 5.74) is 0.279. The van der Waals surface area contributed by atoms with Crippen LogP contribution in [0.25, 0.3) is 0 Å². The van der Waals surface area contributed by atoms with Crippen molar-refractivity contribution >= 4 is 6.09 Å². The summed E-state index contributed by atoms with van der Waals surface area (Å²) in [6.07, 6.45) is 8.37. The van der Waals surface area contributed by atoms with Gasteiger partial charge in [0.05, 0.1) is 12.7 Å². The molecule has 0 radical (unpaired) electrons. The predicted octanol–water partition coefficient (Wildman–Crippen LogP) is 2.49. The average molecular weight is 362 g/mol. The maximum atomic E-state index is 11.2. The van der Waals surface area contributed by atoms with E-state index in [-0.39, 0.29) is 5.41 Å². The van der Waals surface area contributed by atoms with Gasteiger partial charge in [-0.1, -0.05) is 6.92 Å². The molecule has 3 fully saturated rings. The zero-order chi connectivity index (χ0) is 18.1. The van der Waals surface area contributed by atoms with Crippen molar-refractivity contribution in [3.63, 3.8) is 0 Å². The quantitative estimate of drug-likeness (QED) is 0.868. The topological polar surface area (TPSA) is 73.1 Å². The molecule has 144 valence electrons. The van der Waals surface area contributed by atoms with Crippen molar-refractivity contribution in [2.24, 2.45) is 5.41 Å². The first-order valence-corrected chi connectivity index (χ1v) is 9.92. The van der Waals surface area contributed by atoms with E-state index in [9.17, 15) is 9.90 Å². The third-order valence-corrected chi connectivity index (χ3v) is 6.83. The Bertz CT molecular complexity index is 606. The maximum Gasteiger partial charge on any atom is 0.407 e. The van der Waals surface area contributed by atoms with E-state index in [2.05, 4.69) is 21.7 Å². The normalized spacial score (nSPS) is 30.2. The molecule has 4 rings (SSSR count). The molecule has 1 aromatic rings. The third kappa shape index (κ3) is 3.47. The van der Waals surface area contributed by atoms with Crippen molar-refractivity contribution < 1.29 is 14.3 Å². The third-order valence-electron chi connectivity index (χ3n) is 6.83. The molecular weight excluding hydrogens is 332 g/mol. The van der Waals surface area contributed by atoms with Gasteiger partial charge < -0.3 is 19.3 Å². The van der Waals surface area contributed by atoms with Crippen LogP contribution >= 0.6 is 0 Å². The molecule has 1 aromatic heterocycles. The van der Waals surface area contributed by atoms with Crippen LogP contribution in [0.3, 0.4) is 0 Å². The summed E-state index contributed by atoms with van der Waals surface area (Å²) in [4.78, 5) is 21.9.